The van der Waals surface area contributed by atoms with Crippen LogP contribution >= 0.6 is 0 Å². The van der Waals surface area contributed by atoms with Gasteiger partial charge in [-0.3, -0.25) is 14.7 Å². The molecule has 0 saturated carbocycles. The molecule has 3 aromatic rings. The molecule has 0 bridgehead atoms. The molecule has 4 heterocycles. The van der Waals surface area contributed by atoms with Crippen molar-refractivity contribution < 1.29 is 9.21 Å². The van der Waals surface area contributed by atoms with E-state index in [0.717, 1.165) is 31.9 Å². The first-order valence-corrected chi connectivity index (χ1v) is 10.5. The van der Waals surface area contributed by atoms with E-state index in [2.05, 4.69) is 45.2 Å². The maximum absolute atomic E-state index is 13.4. The van der Waals surface area contributed by atoms with Crippen LogP contribution in [-0.4, -0.2) is 45.3 Å². The number of rotatable bonds is 4. The van der Waals surface area contributed by atoms with E-state index in [1.807, 2.05) is 36.2 Å². The second kappa shape index (κ2) is 7.69. The van der Waals surface area contributed by atoms with E-state index < -0.39 is 0 Å². The van der Waals surface area contributed by atoms with Crippen LogP contribution < -0.4 is 0 Å². The van der Waals surface area contributed by atoms with Crippen molar-refractivity contribution in [2.75, 3.05) is 19.6 Å². The lowest BCUT2D eigenvalue weighted by atomic mass is 9.89. The molecule has 0 spiro atoms. The van der Waals surface area contributed by atoms with Crippen LogP contribution in [0.3, 0.4) is 0 Å². The van der Waals surface area contributed by atoms with Gasteiger partial charge in [-0.2, -0.15) is 0 Å². The van der Waals surface area contributed by atoms with Crippen LogP contribution in [0.25, 0.3) is 0 Å². The summed E-state index contributed by atoms with van der Waals surface area (Å²) in [5.74, 6) is 1.69. The molecule has 1 aromatic carbocycles. The van der Waals surface area contributed by atoms with Gasteiger partial charge in [-0.15, -0.1) is 0 Å². The summed E-state index contributed by atoms with van der Waals surface area (Å²) in [6.45, 7) is 7.14. The van der Waals surface area contributed by atoms with Crippen molar-refractivity contribution in [1.29, 1.82) is 0 Å². The Morgan fingerprint density at radius 1 is 1.07 bits per heavy atom. The van der Waals surface area contributed by atoms with Crippen LogP contribution in [0.15, 0.2) is 59.1 Å². The highest BCUT2D eigenvalue weighted by Gasteiger charge is 2.49. The van der Waals surface area contributed by atoms with Gasteiger partial charge in [-0.1, -0.05) is 36.4 Å². The average molecular weight is 402 g/mol. The quantitative estimate of drug-likeness (QED) is 0.667. The Kier molecular flexibility index (Phi) is 4.87. The van der Waals surface area contributed by atoms with Gasteiger partial charge in [0.05, 0.1) is 17.4 Å². The molecular weight excluding hydrogens is 376 g/mol. The van der Waals surface area contributed by atoms with Crippen molar-refractivity contribution in [3.05, 3.63) is 83.3 Å². The molecule has 2 aliphatic rings. The number of oxazole rings is 1. The third kappa shape index (κ3) is 3.41. The monoisotopic (exact) mass is 402 g/mol. The van der Waals surface area contributed by atoms with Crippen molar-refractivity contribution in [2.24, 2.45) is 11.8 Å². The predicted octanol–water partition coefficient (Wildman–Crippen LogP) is 3.63. The molecule has 1 amide bonds. The number of fused-ring (bicyclic) bond motifs is 1. The lowest BCUT2D eigenvalue weighted by Crippen LogP contribution is -2.35. The Hall–Kier alpha value is -2.99. The van der Waals surface area contributed by atoms with Crippen LogP contribution in [0, 0.1) is 25.7 Å². The summed E-state index contributed by atoms with van der Waals surface area (Å²) in [5, 5.41) is 0. The van der Waals surface area contributed by atoms with E-state index >= 15 is 0 Å². The van der Waals surface area contributed by atoms with E-state index in [1.165, 1.54) is 5.56 Å². The second-order valence-corrected chi connectivity index (χ2v) is 8.40. The third-order valence-electron chi connectivity index (χ3n) is 6.35. The Morgan fingerprint density at radius 2 is 1.87 bits per heavy atom. The zero-order valence-corrected chi connectivity index (χ0v) is 17.4. The van der Waals surface area contributed by atoms with Gasteiger partial charge in [0, 0.05) is 45.2 Å². The summed E-state index contributed by atoms with van der Waals surface area (Å²) in [6, 6.07) is 16.5. The van der Waals surface area contributed by atoms with Crippen molar-refractivity contribution in [1.82, 2.24) is 19.8 Å². The number of nitrogens with zero attached hydrogens (tertiary/aromatic N) is 4. The molecule has 0 N–H and O–H groups in total. The van der Waals surface area contributed by atoms with Crippen LogP contribution in [-0.2, 0) is 6.54 Å². The topological polar surface area (TPSA) is 62.5 Å². The first-order valence-electron chi connectivity index (χ1n) is 10.5. The summed E-state index contributed by atoms with van der Waals surface area (Å²) in [7, 11) is 0. The van der Waals surface area contributed by atoms with Crippen LogP contribution in [0.1, 0.15) is 39.4 Å². The lowest BCUT2D eigenvalue weighted by Gasteiger charge is -2.29. The number of aryl methyl sites for hydroxylation is 2. The standard InChI is InChI=1S/C24H26N4O2/c1-16-23(30-17(2)26-16)24(29)28-13-19-12-27(14-20-10-6-7-11-25-20)15-21(19)22(28)18-8-4-3-5-9-18/h3-11,19,21-22H,12-15H2,1-2H3/t19-,21-,22+/m0/s1. The minimum Gasteiger partial charge on any atom is -0.436 e. The molecule has 5 rings (SSSR count). The SMILES string of the molecule is Cc1nc(C)c(C(=O)N2C[C@@H]3CN(Cc4ccccn4)C[C@@H]3[C@H]2c2ccccc2)o1. The summed E-state index contributed by atoms with van der Waals surface area (Å²) < 4.78 is 5.67. The van der Waals surface area contributed by atoms with Crippen LogP contribution in [0.5, 0.6) is 0 Å². The average Bonchev–Trinajstić information content (AvgIpc) is 3.40. The van der Waals surface area contributed by atoms with E-state index in [1.54, 1.807) is 6.92 Å². The molecule has 3 atom stereocenters. The molecule has 0 aliphatic carbocycles. The number of hydrogen-bond acceptors (Lipinski definition) is 5. The molecule has 30 heavy (non-hydrogen) atoms. The molecular formula is C24H26N4O2. The Balaban J connectivity index is 1.42. The van der Waals surface area contributed by atoms with Crippen LogP contribution in [0.2, 0.25) is 0 Å². The number of benzene rings is 1. The van der Waals surface area contributed by atoms with Gasteiger partial charge in [0.25, 0.3) is 5.91 Å². The van der Waals surface area contributed by atoms with Gasteiger partial charge in [-0.25, -0.2) is 4.98 Å². The first kappa shape index (κ1) is 19.0. The van der Waals surface area contributed by atoms with E-state index in [0.29, 0.717) is 29.2 Å². The molecule has 2 fully saturated rings. The highest BCUT2D eigenvalue weighted by atomic mass is 16.4. The first-order chi connectivity index (χ1) is 14.6. The summed E-state index contributed by atoms with van der Waals surface area (Å²) in [5.41, 5.74) is 2.94. The van der Waals surface area contributed by atoms with E-state index in [9.17, 15) is 4.79 Å². The third-order valence-corrected chi connectivity index (χ3v) is 6.35. The Labute approximate surface area is 176 Å². The van der Waals surface area contributed by atoms with Crippen LogP contribution in [0.4, 0.5) is 0 Å². The van der Waals surface area contributed by atoms with Gasteiger partial charge in [0.1, 0.15) is 0 Å². The van der Waals surface area contributed by atoms with Crippen molar-refractivity contribution >= 4 is 5.91 Å². The highest BCUT2D eigenvalue weighted by Crippen LogP contribution is 2.45. The van der Waals surface area contributed by atoms with Gasteiger partial charge in [0.15, 0.2) is 5.89 Å². The number of amides is 1. The normalized spacial score (nSPS) is 23.7. The fourth-order valence-electron chi connectivity index (χ4n) is 5.13. The Bertz CT molecular complexity index is 1030. The summed E-state index contributed by atoms with van der Waals surface area (Å²) >= 11 is 0. The van der Waals surface area contributed by atoms with Crippen molar-refractivity contribution in [3.8, 4) is 0 Å². The minimum atomic E-state index is -0.0485. The molecule has 6 nitrogen and oxygen atoms in total. The molecule has 2 saturated heterocycles. The molecule has 0 unspecified atom stereocenters. The number of carbonyl (C=O) groups is 1. The predicted molar refractivity (Wildman–Crippen MR) is 113 cm³/mol. The number of likely N-dealkylation sites (tertiary alicyclic amines) is 2. The van der Waals surface area contributed by atoms with Gasteiger partial charge in [0.2, 0.25) is 5.76 Å². The summed E-state index contributed by atoms with van der Waals surface area (Å²) in [6.07, 6.45) is 1.85. The zero-order chi connectivity index (χ0) is 20.7. The van der Waals surface area contributed by atoms with Gasteiger partial charge < -0.3 is 9.32 Å². The number of pyridine rings is 1. The van der Waals surface area contributed by atoms with E-state index in [4.69, 9.17) is 4.42 Å². The number of carbonyl (C=O) groups excluding carboxylic acids is 1. The number of hydrogen-bond donors (Lipinski definition) is 0. The fraction of sp³-hybridized carbons (Fsp3) is 0.375. The maximum Gasteiger partial charge on any atom is 0.292 e. The fourth-order valence-corrected chi connectivity index (χ4v) is 5.13. The molecule has 6 heteroatoms. The summed E-state index contributed by atoms with van der Waals surface area (Å²) in [4.78, 5) is 26.7. The lowest BCUT2D eigenvalue weighted by molar-refractivity contribution is 0.0665. The number of aromatic nitrogens is 2. The van der Waals surface area contributed by atoms with Gasteiger partial charge in [-0.05, 0) is 30.5 Å². The zero-order valence-electron chi connectivity index (χ0n) is 17.4. The second-order valence-electron chi connectivity index (χ2n) is 8.40. The minimum absolute atomic E-state index is 0.0437. The Morgan fingerprint density at radius 3 is 2.57 bits per heavy atom. The van der Waals surface area contributed by atoms with E-state index in [-0.39, 0.29) is 11.9 Å². The molecule has 2 aliphatic heterocycles. The van der Waals surface area contributed by atoms with Crippen molar-refractivity contribution in [2.45, 2.75) is 26.4 Å². The van der Waals surface area contributed by atoms with Crippen molar-refractivity contribution in [3.63, 3.8) is 0 Å². The molecule has 154 valence electrons. The highest BCUT2D eigenvalue weighted by molar-refractivity contribution is 5.93. The molecule has 0 radical (unpaired) electrons. The molecule has 2 aromatic heterocycles. The maximum atomic E-state index is 13.4. The van der Waals surface area contributed by atoms with Gasteiger partial charge >= 0.3 is 0 Å². The smallest absolute Gasteiger partial charge is 0.292 e. The largest absolute Gasteiger partial charge is 0.436 e.